The molecular weight excluding hydrogens is 288 g/mol. The minimum atomic E-state index is -0.401. The van der Waals surface area contributed by atoms with Crippen LogP contribution in [0.5, 0.6) is 0 Å². The summed E-state index contributed by atoms with van der Waals surface area (Å²) in [5, 5.41) is 3.15. The van der Waals surface area contributed by atoms with E-state index in [0.717, 1.165) is 24.2 Å². The Kier molecular flexibility index (Phi) is 5.61. The molecule has 0 fully saturated rings. The van der Waals surface area contributed by atoms with Gasteiger partial charge in [0.1, 0.15) is 5.76 Å². The third-order valence-electron chi connectivity index (χ3n) is 3.91. The number of nitrogens with one attached hydrogen (secondary N) is 1. The second kappa shape index (κ2) is 7.47. The Labute approximate surface area is 138 Å². The first kappa shape index (κ1) is 17.3. The van der Waals surface area contributed by atoms with Crippen LogP contribution in [0, 0.1) is 0 Å². The van der Waals surface area contributed by atoms with E-state index < -0.39 is 5.54 Å². The minimum Gasteiger partial charge on any atom is -0.455 e. The van der Waals surface area contributed by atoms with Gasteiger partial charge in [-0.3, -0.25) is 4.79 Å². The van der Waals surface area contributed by atoms with Gasteiger partial charge in [0.2, 0.25) is 0 Å². The van der Waals surface area contributed by atoms with E-state index in [9.17, 15) is 4.79 Å². The highest BCUT2D eigenvalue weighted by atomic mass is 16.4. The van der Waals surface area contributed by atoms with Gasteiger partial charge in [0.15, 0.2) is 5.76 Å². The molecule has 1 unspecified atom stereocenters. The fraction of sp³-hybridized carbons (Fsp3) is 0.421. The summed E-state index contributed by atoms with van der Waals surface area (Å²) in [4.78, 5) is 14.6. The van der Waals surface area contributed by atoms with E-state index in [1.807, 2.05) is 43.3 Å². The number of rotatable bonds is 7. The highest BCUT2D eigenvalue weighted by molar-refractivity contribution is 5.92. The standard InChI is InChI=1S/C19H26N2O2/c1-5-13-19(2,15-9-7-6-8-10-15)20-18(22)17-12-11-16(23-17)14-21(3)4/h6-12H,5,13-14H2,1-4H3,(H,20,22). The van der Waals surface area contributed by atoms with Gasteiger partial charge in [0.25, 0.3) is 5.91 Å². The number of benzene rings is 1. The molecule has 2 aromatic rings. The van der Waals surface area contributed by atoms with Crippen LogP contribution in [0.2, 0.25) is 0 Å². The van der Waals surface area contributed by atoms with E-state index in [-0.39, 0.29) is 5.91 Å². The van der Waals surface area contributed by atoms with Gasteiger partial charge in [-0.25, -0.2) is 0 Å². The SMILES string of the molecule is CCCC(C)(NC(=O)c1ccc(CN(C)C)o1)c1ccccc1. The fourth-order valence-corrected chi connectivity index (χ4v) is 2.79. The summed E-state index contributed by atoms with van der Waals surface area (Å²) < 4.78 is 5.66. The molecule has 2 rings (SSSR count). The van der Waals surface area contributed by atoms with Crippen molar-refractivity contribution in [1.82, 2.24) is 10.2 Å². The zero-order valence-corrected chi connectivity index (χ0v) is 14.4. The van der Waals surface area contributed by atoms with Gasteiger partial charge in [0, 0.05) is 0 Å². The van der Waals surface area contributed by atoms with Gasteiger partial charge in [0.05, 0.1) is 12.1 Å². The summed E-state index contributed by atoms with van der Waals surface area (Å²) in [6, 6.07) is 13.7. The number of carbonyl (C=O) groups excluding carboxylic acids is 1. The Balaban J connectivity index is 2.16. The lowest BCUT2D eigenvalue weighted by Crippen LogP contribution is -2.43. The van der Waals surface area contributed by atoms with Crippen LogP contribution in [-0.4, -0.2) is 24.9 Å². The summed E-state index contributed by atoms with van der Waals surface area (Å²) in [7, 11) is 3.94. The molecule has 23 heavy (non-hydrogen) atoms. The molecule has 4 heteroatoms. The van der Waals surface area contributed by atoms with E-state index in [4.69, 9.17) is 4.42 Å². The molecule has 1 N–H and O–H groups in total. The third-order valence-corrected chi connectivity index (χ3v) is 3.91. The Hall–Kier alpha value is -2.07. The minimum absolute atomic E-state index is 0.171. The molecule has 0 aliphatic carbocycles. The van der Waals surface area contributed by atoms with Crippen LogP contribution in [0.25, 0.3) is 0 Å². The number of nitrogens with zero attached hydrogens (tertiary/aromatic N) is 1. The van der Waals surface area contributed by atoms with E-state index in [1.165, 1.54) is 0 Å². The lowest BCUT2D eigenvalue weighted by atomic mass is 9.87. The van der Waals surface area contributed by atoms with Crippen LogP contribution in [0.4, 0.5) is 0 Å². The molecule has 0 aliphatic heterocycles. The van der Waals surface area contributed by atoms with Crippen molar-refractivity contribution in [2.45, 2.75) is 38.8 Å². The van der Waals surface area contributed by atoms with Crippen molar-refractivity contribution in [2.24, 2.45) is 0 Å². The molecule has 0 aliphatic rings. The molecule has 1 aromatic heterocycles. The highest BCUT2D eigenvalue weighted by Crippen LogP contribution is 2.26. The van der Waals surface area contributed by atoms with Gasteiger partial charge in [-0.15, -0.1) is 0 Å². The Bertz CT molecular complexity index is 634. The topological polar surface area (TPSA) is 45.5 Å². The molecule has 1 amide bonds. The quantitative estimate of drug-likeness (QED) is 0.846. The predicted octanol–water partition coefficient (Wildman–Crippen LogP) is 3.79. The van der Waals surface area contributed by atoms with Crippen molar-refractivity contribution < 1.29 is 9.21 Å². The van der Waals surface area contributed by atoms with Crippen molar-refractivity contribution in [3.63, 3.8) is 0 Å². The van der Waals surface area contributed by atoms with E-state index in [0.29, 0.717) is 12.3 Å². The Morgan fingerprint density at radius 1 is 1.17 bits per heavy atom. The van der Waals surface area contributed by atoms with Crippen LogP contribution < -0.4 is 5.32 Å². The number of carbonyl (C=O) groups is 1. The molecule has 0 saturated carbocycles. The second-order valence-corrected chi connectivity index (χ2v) is 6.41. The molecule has 0 radical (unpaired) electrons. The summed E-state index contributed by atoms with van der Waals surface area (Å²) in [5.41, 5.74) is 0.706. The molecular formula is C19H26N2O2. The molecule has 1 heterocycles. The van der Waals surface area contributed by atoms with Crippen molar-refractivity contribution in [1.29, 1.82) is 0 Å². The van der Waals surface area contributed by atoms with Gasteiger partial charge < -0.3 is 14.6 Å². The molecule has 1 atom stereocenters. The lowest BCUT2D eigenvalue weighted by molar-refractivity contribution is 0.0867. The van der Waals surface area contributed by atoms with Crippen LogP contribution in [0.3, 0.4) is 0 Å². The number of hydrogen-bond acceptors (Lipinski definition) is 3. The second-order valence-electron chi connectivity index (χ2n) is 6.41. The van der Waals surface area contributed by atoms with E-state index in [1.54, 1.807) is 6.07 Å². The first-order chi connectivity index (χ1) is 10.9. The van der Waals surface area contributed by atoms with Crippen LogP contribution in [0.1, 0.15) is 48.6 Å². The van der Waals surface area contributed by atoms with Gasteiger partial charge >= 0.3 is 0 Å². The van der Waals surface area contributed by atoms with Crippen molar-refractivity contribution >= 4 is 5.91 Å². The lowest BCUT2D eigenvalue weighted by Gasteiger charge is -2.31. The Morgan fingerprint density at radius 2 is 1.87 bits per heavy atom. The molecule has 4 nitrogen and oxygen atoms in total. The van der Waals surface area contributed by atoms with Crippen molar-refractivity contribution in [2.75, 3.05) is 14.1 Å². The molecule has 124 valence electrons. The summed E-state index contributed by atoms with van der Waals surface area (Å²) in [6.07, 6.45) is 1.85. The van der Waals surface area contributed by atoms with Crippen molar-refractivity contribution in [3.05, 3.63) is 59.5 Å². The third kappa shape index (κ3) is 4.45. The highest BCUT2D eigenvalue weighted by Gasteiger charge is 2.29. The van der Waals surface area contributed by atoms with Gasteiger partial charge in [-0.2, -0.15) is 0 Å². The summed E-state index contributed by atoms with van der Waals surface area (Å²) in [6.45, 7) is 4.86. The molecule has 0 spiro atoms. The normalized spacial score (nSPS) is 13.8. The monoisotopic (exact) mass is 314 g/mol. The Morgan fingerprint density at radius 3 is 2.48 bits per heavy atom. The average Bonchev–Trinajstić information content (AvgIpc) is 2.96. The van der Waals surface area contributed by atoms with Crippen LogP contribution >= 0.6 is 0 Å². The van der Waals surface area contributed by atoms with E-state index in [2.05, 4.69) is 31.3 Å². The maximum absolute atomic E-state index is 12.6. The number of amides is 1. The van der Waals surface area contributed by atoms with Crippen LogP contribution in [-0.2, 0) is 12.1 Å². The zero-order chi connectivity index (χ0) is 16.9. The van der Waals surface area contributed by atoms with Crippen molar-refractivity contribution in [3.8, 4) is 0 Å². The first-order valence-electron chi connectivity index (χ1n) is 8.06. The average molecular weight is 314 g/mol. The van der Waals surface area contributed by atoms with Gasteiger partial charge in [-0.05, 0) is 45.1 Å². The molecule has 0 saturated heterocycles. The first-order valence-corrected chi connectivity index (χ1v) is 8.06. The zero-order valence-electron chi connectivity index (χ0n) is 14.4. The largest absolute Gasteiger partial charge is 0.455 e. The van der Waals surface area contributed by atoms with Crippen LogP contribution in [0.15, 0.2) is 46.9 Å². The molecule has 0 bridgehead atoms. The maximum Gasteiger partial charge on any atom is 0.287 e. The summed E-state index contributed by atoms with van der Waals surface area (Å²) >= 11 is 0. The van der Waals surface area contributed by atoms with E-state index >= 15 is 0 Å². The maximum atomic E-state index is 12.6. The molecule has 1 aromatic carbocycles. The smallest absolute Gasteiger partial charge is 0.287 e. The predicted molar refractivity (Wildman–Crippen MR) is 92.3 cm³/mol. The number of furan rings is 1. The number of hydrogen-bond donors (Lipinski definition) is 1. The fourth-order valence-electron chi connectivity index (χ4n) is 2.79. The summed E-state index contributed by atoms with van der Waals surface area (Å²) in [5.74, 6) is 0.979. The van der Waals surface area contributed by atoms with Gasteiger partial charge in [-0.1, -0.05) is 43.7 Å².